The Bertz CT molecular complexity index is 780. The Hall–Kier alpha value is -3.16. The van der Waals surface area contributed by atoms with Gasteiger partial charge in [-0.1, -0.05) is 6.08 Å². The minimum atomic E-state index is -1.11. The predicted octanol–water partition coefficient (Wildman–Crippen LogP) is 0.459. The van der Waals surface area contributed by atoms with Crippen molar-refractivity contribution in [1.29, 1.82) is 0 Å². The number of Topliss-reactive ketones (excluding diaryl/α,β-unsaturated/α-hetero) is 1. The van der Waals surface area contributed by atoms with E-state index in [-0.39, 0.29) is 11.1 Å². The van der Waals surface area contributed by atoms with Gasteiger partial charge in [0.15, 0.2) is 0 Å². The molecular weight excluding hydrogens is 278 g/mol. The number of aliphatic imine (C=N–C) groups is 2. The molecule has 1 atom stereocenters. The van der Waals surface area contributed by atoms with Gasteiger partial charge in [-0.25, -0.2) is 4.79 Å². The van der Waals surface area contributed by atoms with Crippen LogP contribution in [0.15, 0.2) is 56.8 Å². The topological polar surface area (TPSA) is 122 Å². The zero-order valence-electron chi connectivity index (χ0n) is 10.4. The number of carbonyl (C=O) groups excluding carboxylic acids is 1. The minimum Gasteiger partial charge on any atom is -0.478 e. The molecule has 21 heavy (non-hydrogen) atoms. The molecule has 2 aliphatic heterocycles. The Morgan fingerprint density at radius 3 is 2.81 bits per heavy atom. The molecular formula is C13H7N3O5. The first-order chi connectivity index (χ1) is 9.99. The van der Waals surface area contributed by atoms with Gasteiger partial charge >= 0.3 is 11.7 Å². The minimum absolute atomic E-state index is 0.0265. The van der Waals surface area contributed by atoms with Crippen LogP contribution in [0, 0.1) is 10.1 Å². The molecule has 104 valence electrons. The summed E-state index contributed by atoms with van der Waals surface area (Å²) in [4.78, 5) is 40.9. The average molecular weight is 285 g/mol. The summed E-state index contributed by atoms with van der Waals surface area (Å²) in [7, 11) is 0. The van der Waals surface area contributed by atoms with Crippen molar-refractivity contribution in [2.75, 3.05) is 0 Å². The Morgan fingerprint density at radius 2 is 2.14 bits per heavy atom. The lowest BCUT2D eigenvalue weighted by atomic mass is 9.85. The third-order valence-corrected chi connectivity index (χ3v) is 3.22. The molecule has 0 fully saturated rings. The summed E-state index contributed by atoms with van der Waals surface area (Å²) in [6.45, 7) is 0. The van der Waals surface area contributed by atoms with Gasteiger partial charge in [0.25, 0.3) is 5.78 Å². The molecule has 1 unspecified atom stereocenters. The van der Waals surface area contributed by atoms with Gasteiger partial charge in [0.05, 0.1) is 21.8 Å². The second-order valence-corrected chi connectivity index (χ2v) is 4.45. The highest BCUT2D eigenvalue weighted by Crippen LogP contribution is 2.29. The van der Waals surface area contributed by atoms with Crippen LogP contribution >= 0.6 is 0 Å². The van der Waals surface area contributed by atoms with Crippen molar-refractivity contribution in [3.8, 4) is 0 Å². The Labute approximate surface area is 117 Å². The number of hydrogen-bond acceptors (Lipinski definition) is 6. The molecule has 3 rings (SSSR count). The maximum absolute atomic E-state index is 12.0. The summed E-state index contributed by atoms with van der Waals surface area (Å²) in [6.07, 6.45) is 6.46. The van der Waals surface area contributed by atoms with Crippen molar-refractivity contribution < 1.29 is 19.6 Å². The van der Waals surface area contributed by atoms with Crippen molar-refractivity contribution in [3.63, 3.8) is 0 Å². The molecule has 0 bridgehead atoms. The maximum atomic E-state index is 12.0. The molecule has 8 heteroatoms. The fraction of sp³-hybridized carbons (Fsp3) is 0.0769. The number of carboxylic acids is 1. The van der Waals surface area contributed by atoms with Crippen LogP contribution < -0.4 is 0 Å². The van der Waals surface area contributed by atoms with E-state index < -0.39 is 28.4 Å². The number of ketones is 1. The van der Waals surface area contributed by atoms with Crippen molar-refractivity contribution >= 4 is 23.7 Å². The van der Waals surface area contributed by atoms with Gasteiger partial charge in [0.1, 0.15) is 12.2 Å². The second kappa shape index (κ2) is 4.44. The first-order valence-electron chi connectivity index (χ1n) is 5.86. The van der Waals surface area contributed by atoms with Crippen molar-refractivity contribution in [2.45, 2.75) is 6.04 Å². The highest BCUT2D eigenvalue weighted by atomic mass is 16.6. The standard InChI is InChI=1S/C13H7N3O5/c17-12-8-2-1-6-3-7(13(18)19)4-14-10(6)11(8)15-5-9(12)16(20)21/h1-5,10H,(H,18,19). The molecule has 0 aromatic heterocycles. The zero-order chi connectivity index (χ0) is 15.1. The average Bonchev–Trinajstić information content (AvgIpc) is 2.46. The number of nitrogens with zero attached hydrogens (tertiary/aromatic N) is 3. The molecule has 3 aliphatic rings. The molecule has 0 aromatic carbocycles. The smallest absolute Gasteiger partial charge is 0.337 e. The van der Waals surface area contributed by atoms with Crippen LogP contribution in [0.3, 0.4) is 0 Å². The lowest BCUT2D eigenvalue weighted by molar-refractivity contribution is -0.418. The van der Waals surface area contributed by atoms with E-state index in [1.54, 1.807) is 0 Å². The van der Waals surface area contributed by atoms with Gasteiger partial charge in [0, 0.05) is 6.21 Å². The van der Waals surface area contributed by atoms with E-state index >= 15 is 0 Å². The Kier molecular flexibility index (Phi) is 2.72. The van der Waals surface area contributed by atoms with Gasteiger partial charge < -0.3 is 5.11 Å². The highest BCUT2D eigenvalue weighted by molar-refractivity contribution is 6.32. The van der Waals surface area contributed by atoms with E-state index in [1.807, 2.05) is 0 Å². The summed E-state index contributed by atoms with van der Waals surface area (Å²) < 4.78 is 0. The first kappa shape index (κ1) is 12.9. The van der Waals surface area contributed by atoms with E-state index in [0.717, 1.165) is 6.20 Å². The number of fused-ring (bicyclic) bond motifs is 3. The number of aliphatic carboxylic acids is 1. The molecule has 1 aliphatic carbocycles. The van der Waals surface area contributed by atoms with Crippen molar-refractivity contribution in [2.24, 2.45) is 9.98 Å². The van der Waals surface area contributed by atoms with Crippen LogP contribution in [-0.4, -0.2) is 39.8 Å². The van der Waals surface area contributed by atoms with Crippen LogP contribution in [0.1, 0.15) is 0 Å². The fourth-order valence-corrected chi connectivity index (χ4v) is 2.22. The number of allylic oxidation sites excluding steroid dienone is 3. The first-order valence-corrected chi connectivity index (χ1v) is 5.86. The summed E-state index contributed by atoms with van der Waals surface area (Å²) >= 11 is 0. The molecule has 8 nitrogen and oxygen atoms in total. The van der Waals surface area contributed by atoms with Gasteiger partial charge in [-0.3, -0.25) is 24.9 Å². The lowest BCUT2D eigenvalue weighted by Crippen LogP contribution is -2.34. The Morgan fingerprint density at radius 1 is 1.38 bits per heavy atom. The number of carbonyl (C=O) groups is 2. The van der Waals surface area contributed by atoms with E-state index in [4.69, 9.17) is 5.11 Å². The van der Waals surface area contributed by atoms with E-state index in [0.29, 0.717) is 11.3 Å². The zero-order valence-corrected chi connectivity index (χ0v) is 10.4. The van der Waals surface area contributed by atoms with Crippen LogP contribution in [0.25, 0.3) is 0 Å². The lowest BCUT2D eigenvalue weighted by Gasteiger charge is -2.25. The molecule has 0 saturated carbocycles. The summed E-state index contributed by atoms with van der Waals surface area (Å²) in [5.41, 5.74) is 0.410. The summed E-state index contributed by atoms with van der Waals surface area (Å²) in [5, 5.41) is 19.7. The molecule has 0 amide bonds. The number of nitro groups is 1. The normalized spacial score (nSPS) is 23.0. The van der Waals surface area contributed by atoms with E-state index in [9.17, 15) is 19.7 Å². The summed E-state index contributed by atoms with van der Waals surface area (Å²) in [5.74, 6) is -1.83. The van der Waals surface area contributed by atoms with Crippen LogP contribution in [0.2, 0.25) is 0 Å². The predicted molar refractivity (Wildman–Crippen MR) is 71.7 cm³/mol. The molecule has 1 N–H and O–H groups in total. The Balaban J connectivity index is 2.06. The number of dihydropyridines is 1. The van der Waals surface area contributed by atoms with Gasteiger partial charge in [-0.2, -0.15) is 0 Å². The van der Waals surface area contributed by atoms with Gasteiger partial charge in [0.2, 0.25) is 0 Å². The molecule has 2 heterocycles. The third kappa shape index (κ3) is 1.93. The molecule has 0 saturated heterocycles. The molecule has 0 radical (unpaired) electrons. The fourth-order valence-electron chi connectivity index (χ4n) is 2.22. The van der Waals surface area contributed by atoms with E-state index in [2.05, 4.69) is 9.98 Å². The largest absolute Gasteiger partial charge is 0.478 e. The highest BCUT2D eigenvalue weighted by Gasteiger charge is 2.38. The van der Waals surface area contributed by atoms with Crippen LogP contribution in [0.4, 0.5) is 0 Å². The van der Waals surface area contributed by atoms with E-state index in [1.165, 1.54) is 24.4 Å². The maximum Gasteiger partial charge on any atom is 0.337 e. The quantitative estimate of drug-likeness (QED) is 0.583. The number of rotatable bonds is 2. The second-order valence-electron chi connectivity index (χ2n) is 4.45. The van der Waals surface area contributed by atoms with Crippen molar-refractivity contribution in [3.05, 3.63) is 57.0 Å². The molecule has 0 spiro atoms. The summed E-state index contributed by atoms with van der Waals surface area (Å²) in [6, 6.07) is -0.610. The number of carboxylic acid groups (broad SMARTS) is 1. The molecule has 0 aromatic rings. The number of hydrogen-bond donors (Lipinski definition) is 1. The third-order valence-electron chi connectivity index (χ3n) is 3.22. The van der Waals surface area contributed by atoms with Gasteiger partial charge in [-0.05, 0) is 17.7 Å². The van der Waals surface area contributed by atoms with Crippen LogP contribution in [-0.2, 0) is 9.59 Å². The van der Waals surface area contributed by atoms with Crippen LogP contribution in [0.5, 0.6) is 0 Å². The van der Waals surface area contributed by atoms with Crippen molar-refractivity contribution in [1.82, 2.24) is 0 Å². The SMILES string of the molecule is O=C(O)C1=CC2=CC=C3C(=O)C([N+](=O)[O-])=CN=C3C2N=C1. The van der Waals surface area contributed by atoms with Gasteiger partial charge in [-0.15, -0.1) is 0 Å². The monoisotopic (exact) mass is 285 g/mol.